The standard InChI is InChI=1S/C12H18N2O2/c1-12(2,3)10(11(13)16)14-8-5-4-6-9(15)7-8/h4-7,10,14-15H,1-3H3,(H2,13,16)/t10-/m1/s1. The van der Waals surface area contributed by atoms with Crippen molar-refractivity contribution in [3.63, 3.8) is 0 Å². The fourth-order valence-electron chi connectivity index (χ4n) is 1.48. The van der Waals surface area contributed by atoms with Crippen LogP contribution in [0.4, 0.5) is 5.69 Å². The van der Waals surface area contributed by atoms with E-state index in [0.29, 0.717) is 5.69 Å². The van der Waals surface area contributed by atoms with Crippen LogP contribution in [0, 0.1) is 5.41 Å². The first kappa shape index (κ1) is 12.4. The fourth-order valence-corrected chi connectivity index (χ4v) is 1.48. The van der Waals surface area contributed by atoms with Gasteiger partial charge in [0, 0.05) is 11.8 Å². The third-order valence-electron chi connectivity index (χ3n) is 2.31. The van der Waals surface area contributed by atoms with E-state index in [-0.39, 0.29) is 11.2 Å². The van der Waals surface area contributed by atoms with Gasteiger partial charge in [0.1, 0.15) is 11.8 Å². The molecular weight excluding hydrogens is 204 g/mol. The van der Waals surface area contributed by atoms with Gasteiger partial charge in [-0.2, -0.15) is 0 Å². The molecular formula is C12H18N2O2. The highest BCUT2D eigenvalue weighted by molar-refractivity contribution is 5.83. The quantitative estimate of drug-likeness (QED) is 0.728. The Balaban J connectivity index is 2.89. The minimum Gasteiger partial charge on any atom is -0.508 e. The predicted molar refractivity (Wildman–Crippen MR) is 64.2 cm³/mol. The number of phenolic OH excluding ortho intramolecular Hbond substituents is 1. The highest BCUT2D eigenvalue weighted by Gasteiger charge is 2.29. The minimum atomic E-state index is -0.478. The average molecular weight is 222 g/mol. The number of hydrogen-bond acceptors (Lipinski definition) is 3. The zero-order valence-corrected chi connectivity index (χ0v) is 9.82. The van der Waals surface area contributed by atoms with Crippen molar-refractivity contribution in [1.29, 1.82) is 0 Å². The van der Waals surface area contributed by atoms with Crippen LogP contribution in [0.15, 0.2) is 24.3 Å². The summed E-state index contributed by atoms with van der Waals surface area (Å²) >= 11 is 0. The van der Waals surface area contributed by atoms with Crippen LogP contribution >= 0.6 is 0 Å². The molecule has 0 aliphatic heterocycles. The summed E-state index contributed by atoms with van der Waals surface area (Å²) in [5, 5.41) is 12.3. The Morgan fingerprint density at radius 3 is 2.50 bits per heavy atom. The molecule has 0 aliphatic carbocycles. The van der Waals surface area contributed by atoms with E-state index in [1.165, 1.54) is 0 Å². The molecule has 0 aliphatic rings. The van der Waals surface area contributed by atoms with Gasteiger partial charge in [0.15, 0.2) is 0 Å². The van der Waals surface area contributed by atoms with Gasteiger partial charge < -0.3 is 16.2 Å². The van der Waals surface area contributed by atoms with Crippen molar-refractivity contribution >= 4 is 11.6 Å². The molecule has 1 aromatic rings. The number of nitrogens with one attached hydrogen (secondary N) is 1. The summed E-state index contributed by atoms with van der Waals surface area (Å²) in [6.45, 7) is 5.79. The molecule has 0 fully saturated rings. The van der Waals surface area contributed by atoms with Crippen LogP contribution in [0.5, 0.6) is 5.75 Å². The van der Waals surface area contributed by atoms with Gasteiger partial charge in [0.25, 0.3) is 0 Å². The molecule has 1 atom stereocenters. The van der Waals surface area contributed by atoms with Crippen LogP contribution in [0.25, 0.3) is 0 Å². The SMILES string of the molecule is CC(C)(C)[C@H](Nc1cccc(O)c1)C(N)=O. The number of primary amides is 1. The van der Waals surface area contributed by atoms with Crippen LogP contribution in [-0.4, -0.2) is 17.1 Å². The van der Waals surface area contributed by atoms with Crippen LogP contribution in [0.1, 0.15) is 20.8 Å². The number of phenols is 1. The van der Waals surface area contributed by atoms with Gasteiger partial charge >= 0.3 is 0 Å². The van der Waals surface area contributed by atoms with E-state index in [4.69, 9.17) is 5.73 Å². The molecule has 16 heavy (non-hydrogen) atoms. The van der Waals surface area contributed by atoms with Crippen molar-refractivity contribution in [3.8, 4) is 5.75 Å². The van der Waals surface area contributed by atoms with Crippen molar-refractivity contribution in [3.05, 3.63) is 24.3 Å². The van der Waals surface area contributed by atoms with E-state index in [1.54, 1.807) is 24.3 Å². The zero-order valence-electron chi connectivity index (χ0n) is 9.82. The second-order valence-electron chi connectivity index (χ2n) is 4.90. The van der Waals surface area contributed by atoms with Gasteiger partial charge in [-0.25, -0.2) is 0 Å². The topological polar surface area (TPSA) is 75.3 Å². The lowest BCUT2D eigenvalue weighted by Crippen LogP contribution is -2.45. The zero-order chi connectivity index (χ0) is 12.3. The second-order valence-corrected chi connectivity index (χ2v) is 4.90. The van der Waals surface area contributed by atoms with E-state index in [0.717, 1.165) is 0 Å². The summed E-state index contributed by atoms with van der Waals surface area (Å²) in [5.74, 6) is -0.252. The Morgan fingerprint density at radius 2 is 2.06 bits per heavy atom. The molecule has 0 saturated carbocycles. The molecule has 0 aromatic heterocycles. The highest BCUT2D eigenvalue weighted by atomic mass is 16.3. The van der Waals surface area contributed by atoms with Gasteiger partial charge in [-0.1, -0.05) is 26.8 Å². The monoisotopic (exact) mass is 222 g/mol. The lowest BCUT2D eigenvalue weighted by molar-refractivity contribution is -0.120. The number of rotatable bonds is 3. The van der Waals surface area contributed by atoms with Gasteiger partial charge in [0.05, 0.1) is 0 Å². The van der Waals surface area contributed by atoms with E-state index < -0.39 is 11.9 Å². The van der Waals surface area contributed by atoms with Crippen LogP contribution in [0.3, 0.4) is 0 Å². The first-order chi connectivity index (χ1) is 7.30. The summed E-state index contributed by atoms with van der Waals surface area (Å²) in [5.41, 5.74) is 5.74. The van der Waals surface area contributed by atoms with Gasteiger partial charge in [0.2, 0.25) is 5.91 Å². The third-order valence-corrected chi connectivity index (χ3v) is 2.31. The van der Waals surface area contributed by atoms with Crippen LogP contribution < -0.4 is 11.1 Å². The normalized spacial score (nSPS) is 13.2. The van der Waals surface area contributed by atoms with Crippen LogP contribution in [0.2, 0.25) is 0 Å². The lowest BCUT2D eigenvalue weighted by atomic mass is 9.86. The van der Waals surface area contributed by atoms with Gasteiger partial charge in [-0.3, -0.25) is 4.79 Å². The van der Waals surface area contributed by atoms with Crippen molar-refractivity contribution in [2.45, 2.75) is 26.8 Å². The van der Waals surface area contributed by atoms with Crippen molar-refractivity contribution in [2.75, 3.05) is 5.32 Å². The van der Waals surface area contributed by atoms with Crippen molar-refractivity contribution in [1.82, 2.24) is 0 Å². The van der Waals surface area contributed by atoms with Crippen molar-refractivity contribution in [2.24, 2.45) is 11.1 Å². The summed E-state index contributed by atoms with van der Waals surface area (Å²) < 4.78 is 0. The number of carbonyl (C=O) groups is 1. The smallest absolute Gasteiger partial charge is 0.240 e. The second kappa shape index (κ2) is 4.43. The van der Waals surface area contributed by atoms with E-state index in [2.05, 4.69) is 5.32 Å². The summed E-state index contributed by atoms with van der Waals surface area (Å²) in [6, 6.07) is 6.14. The Bertz CT molecular complexity index is 383. The molecule has 4 nitrogen and oxygen atoms in total. The molecule has 1 rings (SSSR count). The highest BCUT2D eigenvalue weighted by Crippen LogP contribution is 2.24. The predicted octanol–water partition coefficient (Wildman–Crippen LogP) is 1.70. The van der Waals surface area contributed by atoms with Crippen molar-refractivity contribution < 1.29 is 9.90 Å². The molecule has 0 bridgehead atoms. The molecule has 0 spiro atoms. The summed E-state index contributed by atoms with van der Waals surface area (Å²) in [4.78, 5) is 11.3. The van der Waals surface area contributed by atoms with E-state index in [9.17, 15) is 9.90 Å². The van der Waals surface area contributed by atoms with E-state index in [1.807, 2.05) is 20.8 Å². The number of nitrogens with two attached hydrogens (primary N) is 1. The largest absolute Gasteiger partial charge is 0.508 e. The molecule has 4 heteroatoms. The maximum absolute atomic E-state index is 11.3. The number of carbonyl (C=O) groups excluding carboxylic acids is 1. The van der Waals surface area contributed by atoms with E-state index >= 15 is 0 Å². The van der Waals surface area contributed by atoms with Gasteiger partial charge in [-0.05, 0) is 17.5 Å². The maximum Gasteiger partial charge on any atom is 0.240 e. The Hall–Kier alpha value is -1.71. The Labute approximate surface area is 95.5 Å². The molecule has 0 radical (unpaired) electrons. The average Bonchev–Trinajstić information content (AvgIpc) is 2.12. The Kier molecular flexibility index (Phi) is 3.42. The number of hydrogen-bond donors (Lipinski definition) is 3. The Morgan fingerprint density at radius 1 is 1.44 bits per heavy atom. The number of aromatic hydroxyl groups is 1. The molecule has 1 amide bonds. The van der Waals surface area contributed by atoms with Gasteiger partial charge in [-0.15, -0.1) is 0 Å². The molecule has 0 heterocycles. The number of amides is 1. The maximum atomic E-state index is 11.3. The minimum absolute atomic E-state index is 0.155. The number of benzene rings is 1. The summed E-state index contributed by atoms with van der Waals surface area (Å²) in [7, 11) is 0. The molecule has 1 aromatic carbocycles. The third kappa shape index (κ3) is 3.15. The first-order valence-electron chi connectivity index (χ1n) is 5.15. The van der Waals surface area contributed by atoms with Crippen LogP contribution in [-0.2, 0) is 4.79 Å². The summed E-state index contributed by atoms with van der Waals surface area (Å²) in [6.07, 6.45) is 0. The molecule has 0 unspecified atom stereocenters. The fraction of sp³-hybridized carbons (Fsp3) is 0.417. The lowest BCUT2D eigenvalue weighted by Gasteiger charge is -2.29. The molecule has 88 valence electrons. The first-order valence-corrected chi connectivity index (χ1v) is 5.15. The molecule has 0 saturated heterocycles. The number of anilines is 1. The molecule has 4 N–H and O–H groups in total.